The highest BCUT2D eigenvalue weighted by atomic mass is 32.2. The van der Waals surface area contributed by atoms with Gasteiger partial charge in [-0.2, -0.15) is 4.31 Å². The van der Waals surface area contributed by atoms with Crippen molar-refractivity contribution in [3.63, 3.8) is 0 Å². The predicted octanol–water partition coefficient (Wildman–Crippen LogP) is 4.62. The Morgan fingerprint density at radius 2 is 1.76 bits per heavy atom. The van der Waals surface area contributed by atoms with E-state index in [-0.39, 0.29) is 6.10 Å². The van der Waals surface area contributed by atoms with E-state index in [9.17, 15) is 8.42 Å². The van der Waals surface area contributed by atoms with Crippen molar-refractivity contribution >= 4 is 21.4 Å². The van der Waals surface area contributed by atoms with E-state index < -0.39 is 10.0 Å². The molecule has 1 fully saturated rings. The van der Waals surface area contributed by atoms with Gasteiger partial charge in [-0.3, -0.25) is 4.90 Å². The minimum atomic E-state index is -3.51. The minimum absolute atomic E-state index is 0.00594. The summed E-state index contributed by atoms with van der Waals surface area (Å²) in [6.07, 6.45) is 1.34. The quantitative estimate of drug-likeness (QED) is 0.442. The van der Waals surface area contributed by atoms with Crippen molar-refractivity contribution in [2.75, 3.05) is 27.2 Å². The zero-order chi connectivity index (χ0) is 23.3. The Bertz CT molecular complexity index is 1120. The summed E-state index contributed by atoms with van der Waals surface area (Å²) in [6.45, 7) is 2.65. The lowest BCUT2D eigenvalue weighted by molar-refractivity contribution is 0.135. The van der Waals surface area contributed by atoms with E-state index in [0.717, 1.165) is 18.8 Å². The molecule has 6 nitrogen and oxygen atoms in total. The van der Waals surface area contributed by atoms with Crippen LogP contribution < -0.4 is 9.47 Å². The van der Waals surface area contributed by atoms with Crippen molar-refractivity contribution in [1.29, 1.82) is 0 Å². The molecule has 1 aliphatic rings. The Balaban J connectivity index is 1.31. The molecule has 0 aliphatic carbocycles. The number of benzene rings is 2. The fraction of sp³-hybridized carbons (Fsp3) is 0.360. The van der Waals surface area contributed by atoms with Crippen molar-refractivity contribution in [3.05, 3.63) is 76.5 Å². The standard InChI is InChI=1S/C25H30N2O4S2/c1-26(19-24-7-4-16-32-24)18-20-5-3-6-23(17-20)31-22-12-14-27(15-13-22)33(28,29)25-10-8-21(30-2)9-11-25/h3-11,16-17,22H,12-15,18-19H2,1-2H3. The van der Waals surface area contributed by atoms with Gasteiger partial charge in [-0.05, 0) is 73.3 Å². The van der Waals surface area contributed by atoms with Crippen LogP contribution in [0.1, 0.15) is 23.3 Å². The molecule has 2 aromatic carbocycles. The smallest absolute Gasteiger partial charge is 0.243 e. The summed E-state index contributed by atoms with van der Waals surface area (Å²) in [5.74, 6) is 1.48. The third-order valence-electron chi connectivity index (χ3n) is 5.76. The molecular weight excluding hydrogens is 456 g/mol. The second kappa shape index (κ2) is 10.7. The molecule has 1 aromatic heterocycles. The highest BCUT2D eigenvalue weighted by Gasteiger charge is 2.30. The molecule has 2 heterocycles. The van der Waals surface area contributed by atoms with Crippen LogP contribution in [0.15, 0.2) is 70.9 Å². The van der Waals surface area contributed by atoms with Crippen LogP contribution in [0.4, 0.5) is 0 Å². The summed E-state index contributed by atoms with van der Waals surface area (Å²) < 4.78 is 38.8. The Labute approximate surface area is 200 Å². The van der Waals surface area contributed by atoms with Crippen LogP contribution in [-0.2, 0) is 23.1 Å². The van der Waals surface area contributed by atoms with Crippen molar-refractivity contribution in [1.82, 2.24) is 9.21 Å². The van der Waals surface area contributed by atoms with E-state index in [0.29, 0.717) is 36.6 Å². The third kappa shape index (κ3) is 6.14. The van der Waals surface area contributed by atoms with Gasteiger partial charge in [-0.25, -0.2) is 8.42 Å². The predicted molar refractivity (Wildman–Crippen MR) is 131 cm³/mol. The van der Waals surface area contributed by atoms with E-state index in [1.807, 2.05) is 12.1 Å². The van der Waals surface area contributed by atoms with Gasteiger partial charge in [-0.15, -0.1) is 11.3 Å². The van der Waals surface area contributed by atoms with Crippen LogP contribution in [0, 0.1) is 0 Å². The zero-order valence-corrected chi connectivity index (χ0v) is 20.6. The summed E-state index contributed by atoms with van der Waals surface area (Å²) >= 11 is 1.77. The number of hydrogen-bond donors (Lipinski definition) is 0. The van der Waals surface area contributed by atoms with Gasteiger partial charge in [0.15, 0.2) is 0 Å². The third-order valence-corrected chi connectivity index (χ3v) is 8.53. The monoisotopic (exact) mass is 486 g/mol. The van der Waals surface area contributed by atoms with Crippen molar-refractivity contribution in [2.45, 2.75) is 36.9 Å². The number of rotatable bonds is 9. The Morgan fingerprint density at radius 3 is 2.42 bits per heavy atom. The highest BCUT2D eigenvalue weighted by Crippen LogP contribution is 2.26. The second-order valence-electron chi connectivity index (χ2n) is 8.30. The van der Waals surface area contributed by atoms with Gasteiger partial charge in [0, 0.05) is 31.1 Å². The summed E-state index contributed by atoms with van der Waals surface area (Å²) in [4.78, 5) is 3.93. The Kier molecular flexibility index (Phi) is 7.70. The largest absolute Gasteiger partial charge is 0.497 e. The van der Waals surface area contributed by atoms with Gasteiger partial charge in [0.05, 0.1) is 12.0 Å². The molecule has 0 saturated carbocycles. The Morgan fingerprint density at radius 1 is 1.00 bits per heavy atom. The van der Waals surface area contributed by atoms with Gasteiger partial charge >= 0.3 is 0 Å². The van der Waals surface area contributed by atoms with E-state index >= 15 is 0 Å². The average Bonchev–Trinajstić information content (AvgIpc) is 3.32. The van der Waals surface area contributed by atoms with Crippen LogP contribution in [0.2, 0.25) is 0 Å². The van der Waals surface area contributed by atoms with Crippen LogP contribution in [0.5, 0.6) is 11.5 Å². The lowest BCUT2D eigenvalue weighted by Gasteiger charge is -2.31. The maximum absolute atomic E-state index is 13.0. The van der Waals surface area contributed by atoms with Gasteiger partial charge in [0.1, 0.15) is 17.6 Å². The number of ether oxygens (including phenoxy) is 2. The van der Waals surface area contributed by atoms with Crippen LogP contribution >= 0.6 is 11.3 Å². The Hall–Kier alpha value is -2.39. The van der Waals surface area contributed by atoms with Crippen molar-refractivity contribution in [2.24, 2.45) is 0 Å². The van der Waals surface area contributed by atoms with Gasteiger partial charge in [-0.1, -0.05) is 18.2 Å². The molecule has 1 saturated heterocycles. The summed E-state index contributed by atoms with van der Waals surface area (Å²) in [5.41, 5.74) is 1.20. The van der Waals surface area contributed by atoms with E-state index in [4.69, 9.17) is 9.47 Å². The molecular formula is C25H30N2O4S2. The van der Waals surface area contributed by atoms with Crippen molar-refractivity contribution < 1.29 is 17.9 Å². The number of sulfonamides is 1. The lowest BCUT2D eigenvalue weighted by atomic mass is 10.1. The summed E-state index contributed by atoms with van der Waals surface area (Å²) in [7, 11) is 0.173. The molecule has 0 spiro atoms. The first-order valence-electron chi connectivity index (χ1n) is 11.0. The molecule has 0 unspecified atom stereocenters. The van der Waals surface area contributed by atoms with Gasteiger partial charge < -0.3 is 9.47 Å². The van der Waals surface area contributed by atoms with E-state index in [1.54, 1.807) is 47.0 Å². The second-order valence-corrected chi connectivity index (χ2v) is 11.3. The SMILES string of the molecule is COc1ccc(S(=O)(=O)N2CCC(Oc3cccc(CN(C)Cc4cccs4)c3)CC2)cc1. The maximum atomic E-state index is 13.0. The van der Waals surface area contributed by atoms with Crippen molar-refractivity contribution in [3.8, 4) is 11.5 Å². The minimum Gasteiger partial charge on any atom is -0.497 e. The first-order chi connectivity index (χ1) is 15.9. The molecule has 33 heavy (non-hydrogen) atoms. The van der Waals surface area contributed by atoms with Crippen LogP contribution in [0.3, 0.4) is 0 Å². The zero-order valence-electron chi connectivity index (χ0n) is 19.0. The number of hydrogen-bond acceptors (Lipinski definition) is 6. The van der Waals surface area contributed by atoms with E-state index in [1.165, 1.54) is 10.4 Å². The maximum Gasteiger partial charge on any atom is 0.243 e. The molecule has 0 amide bonds. The average molecular weight is 487 g/mol. The molecule has 1 aliphatic heterocycles. The van der Waals surface area contributed by atoms with Gasteiger partial charge in [0.2, 0.25) is 10.0 Å². The van der Waals surface area contributed by atoms with Crippen LogP contribution in [-0.4, -0.2) is 51.0 Å². The number of thiophene rings is 1. The number of methoxy groups -OCH3 is 1. The highest BCUT2D eigenvalue weighted by molar-refractivity contribution is 7.89. The molecule has 0 N–H and O–H groups in total. The first kappa shape index (κ1) is 23.8. The summed E-state index contributed by atoms with van der Waals surface area (Å²) in [5, 5.41) is 2.10. The fourth-order valence-corrected chi connectivity index (χ4v) is 6.29. The van der Waals surface area contributed by atoms with E-state index in [2.05, 4.69) is 41.6 Å². The molecule has 0 radical (unpaired) electrons. The molecule has 4 rings (SSSR count). The van der Waals surface area contributed by atoms with Crippen LogP contribution in [0.25, 0.3) is 0 Å². The lowest BCUT2D eigenvalue weighted by Crippen LogP contribution is -2.41. The first-order valence-corrected chi connectivity index (χ1v) is 13.4. The molecule has 0 bridgehead atoms. The molecule has 3 aromatic rings. The molecule has 0 atom stereocenters. The number of nitrogens with zero attached hydrogens (tertiary/aromatic N) is 2. The summed E-state index contributed by atoms with van der Waals surface area (Å²) in [6, 6.07) is 19.0. The fourth-order valence-electron chi connectivity index (χ4n) is 4.03. The normalized spacial score (nSPS) is 15.6. The topological polar surface area (TPSA) is 59.1 Å². The van der Waals surface area contributed by atoms with Gasteiger partial charge in [0.25, 0.3) is 0 Å². The molecule has 8 heteroatoms. The number of piperidine rings is 1. The molecule has 176 valence electrons.